The molecule has 42 heavy (non-hydrogen) atoms. The maximum absolute atomic E-state index is 11.3. The Morgan fingerprint density at radius 2 is 1.00 bits per heavy atom. The van der Waals surface area contributed by atoms with Crippen molar-refractivity contribution in [2.75, 3.05) is 0 Å². The molecule has 0 aliphatic heterocycles. The molecule has 0 bridgehead atoms. The first kappa shape index (κ1) is 34.7. The Morgan fingerprint density at radius 1 is 0.643 bits per heavy atom. The van der Waals surface area contributed by atoms with Crippen LogP contribution in [0.4, 0.5) is 0 Å². The Bertz CT molecular complexity index is 1090. The molecule has 2 aromatic carbocycles. The highest BCUT2D eigenvalue weighted by Crippen LogP contribution is 2.42. The highest BCUT2D eigenvalue weighted by atomic mass is 32.2. The van der Waals surface area contributed by atoms with Gasteiger partial charge in [-0.1, -0.05) is 104 Å². The minimum atomic E-state index is 0.0305. The number of phenolic OH excluding ortho intramolecular Hbond substituents is 2. The van der Waals surface area contributed by atoms with Crippen LogP contribution >= 0.6 is 23.5 Å². The van der Waals surface area contributed by atoms with Gasteiger partial charge in [0.15, 0.2) is 0 Å². The van der Waals surface area contributed by atoms with Gasteiger partial charge in [0.25, 0.3) is 0 Å². The number of aryl methyl sites for hydroxylation is 2. The summed E-state index contributed by atoms with van der Waals surface area (Å²) in [4.78, 5) is 0. The Balaban J connectivity index is 1.84. The molecule has 4 heteroatoms. The fourth-order valence-electron chi connectivity index (χ4n) is 5.69. The monoisotopic (exact) mass is 608 g/mol. The molecule has 1 aliphatic carbocycles. The first-order valence-corrected chi connectivity index (χ1v) is 18.1. The van der Waals surface area contributed by atoms with E-state index in [4.69, 9.17) is 0 Å². The molecule has 1 saturated carbocycles. The molecule has 0 radical (unpaired) electrons. The van der Waals surface area contributed by atoms with Gasteiger partial charge in [0.05, 0.1) is 0 Å². The standard InChI is InChI=1S/C38H56O2S2/c1-9-11-17-27-21-31(37(3,4)5)23-29(35(27)39)25-41-33-19-15-13-14-16-20-34(33)42-26-30-24-32(38(6,7)8)22-28(36(30)40)18-12-10-2/h9-10,21-24,33-34,39-40H,1-2,11-20,25-26H2,3-8H3/t33-,34?/m0/s1. The molecule has 1 aliphatic rings. The van der Waals surface area contributed by atoms with Gasteiger partial charge in [-0.2, -0.15) is 23.5 Å². The highest BCUT2D eigenvalue weighted by Gasteiger charge is 2.27. The maximum Gasteiger partial charge on any atom is 0.122 e. The minimum absolute atomic E-state index is 0.0305. The van der Waals surface area contributed by atoms with Crippen molar-refractivity contribution in [2.24, 2.45) is 0 Å². The zero-order valence-corrected chi connectivity index (χ0v) is 28.9. The lowest BCUT2D eigenvalue weighted by Crippen LogP contribution is -2.22. The van der Waals surface area contributed by atoms with Crippen LogP contribution in [0.2, 0.25) is 0 Å². The van der Waals surface area contributed by atoms with Crippen LogP contribution in [-0.2, 0) is 35.2 Å². The van der Waals surface area contributed by atoms with Crippen LogP contribution in [0.15, 0.2) is 49.6 Å². The molecule has 2 aromatic rings. The molecule has 1 unspecified atom stereocenters. The lowest BCUT2D eigenvalue weighted by molar-refractivity contribution is 0.461. The smallest absolute Gasteiger partial charge is 0.122 e. The van der Waals surface area contributed by atoms with E-state index in [0.29, 0.717) is 22.0 Å². The van der Waals surface area contributed by atoms with E-state index < -0.39 is 0 Å². The van der Waals surface area contributed by atoms with Crippen molar-refractivity contribution in [1.29, 1.82) is 0 Å². The van der Waals surface area contributed by atoms with Gasteiger partial charge in [0.1, 0.15) is 11.5 Å². The van der Waals surface area contributed by atoms with Gasteiger partial charge in [-0.15, -0.1) is 13.2 Å². The molecule has 0 saturated heterocycles. The summed E-state index contributed by atoms with van der Waals surface area (Å²) in [7, 11) is 0. The fraction of sp³-hybridized carbons (Fsp3) is 0.579. The normalized spacial score (nSPS) is 18.3. The summed E-state index contributed by atoms with van der Waals surface area (Å²) in [6, 6.07) is 8.88. The summed E-state index contributed by atoms with van der Waals surface area (Å²) in [6.45, 7) is 21.3. The van der Waals surface area contributed by atoms with E-state index in [-0.39, 0.29) is 10.8 Å². The number of phenols is 2. The predicted molar refractivity (Wildman–Crippen MR) is 189 cm³/mol. The molecular weight excluding hydrogens is 553 g/mol. The van der Waals surface area contributed by atoms with E-state index in [9.17, 15) is 10.2 Å². The number of thioether (sulfide) groups is 2. The lowest BCUT2D eigenvalue weighted by atomic mass is 9.84. The summed E-state index contributed by atoms with van der Waals surface area (Å²) in [5, 5.41) is 23.6. The zero-order valence-electron chi connectivity index (χ0n) is 27.2. The number of aromatic hydroxyl groups is 2. The van der Waals surface area contributed by atoms with E-state index in [1.54, 1.807) is 0 Å². The van der Waals surface area contributed by atoms with Crippen molar-refractivity contribution in [3.05, 3.63) is 83.0 Å². The Morgan fingerprint density at radius 3 is 1.33 bits per heavy atom. The first-order chi connectivity index (χ1) is 19.8. The molecule has 232 valence electrons. The summed E-state index contributed by atoms with van der Waals surface area (Å²) >= 11 is 4.07. The van der Waals surface area contributed by atoms with Gasteiger partial charge >= 0.3 is 0 Å². The van der Waals surface area contributed by atoms with Crippen molar-refractivity contribution >= 4 is 23.5 Å². The SMILES string of the molecule is C=CCCc1cc(C(C)(C)C)cc(CSC2CCCCCC[C@@H]2SCc2cc(C(C)(C)C)cc(CCC=C)c2O)c1O. The van der Waals surface area contributed by atoms with Crippen molar-refractivity contribution < 1.29 is 10.2 Å². The van der Waals surface area contributed by atoms with Crippen LogP contribution in [0, 0.1) is 0 Å². The number of rotatable bonds is 12. The molecule has 0 spiro atoms. The third kappa shape index (κ3) is 9.88. The summed E-state index contributed by atoms with van der Waals surface area (Å²) in [5.74, 6) is 2.61. The highest BCUT2D eigenvalue weighted by molar-refractivity contribution is 8.03. The molecule has 0 heterocycles. The van der Waals surface area contributed by atoms with Crippen LogP contribution in [-0.4, -0.2) is 20.7 Å². The Kier molecular flexibility index (Phi) is 13.1. The van der Waals surface area contributed by atoms with Crippen LogP contribution in [0.1, 0.15) is 126 Å². The van der Waals surface area contributed by atoms with Crippen molar-refractivity contribution in [3.63, 3.8) is 0 Å². The zero-order chi connectivity index (χ0) is 30.9. The van der Waals surface area contributed by atoms with Crippen LogP contribution < -0.4 is 0 Å². The molecule has 0 aromatic heterocycles. The topological polar surface area (TPSA) is 40.5 Å². The second kappa shape index (κ2) is 15.8. The minimum Gasteiger partial charge on any atom is -0.507 e. The van der Waals surface area contributed by atoms with Gasteiger partial charge in [-0.3, -0.25) is 0 Å². The summed E-state index contributed by atoms with van der Waals surface area (Å²) in [5.41, 5.74) is 6.87. The number of benzene rings is 2. The van der Waals surface area contributed by atoms with Gasteiger partial charge in [-0.05, 0) is 71.6 Å². The first-order valence-electron chi connectivity index (χ1n) is 16.0. The molecule has 0 amide bonds. The largest absolute Gasteiger partial charge is 0.507 e. The maximum atomic E-state index is 11.3. The molecule has 2 nitrogen and oxygen atoms in total. The van der Waals surface area contributed by atoms with Crippen LogP contribution in [0.25, 0.3) is 0 Å². The second-order valence-corrected chi connectivity index (χ2v) is 16.6. The number of hydrogen-bond acceptors (Lipinski definition) is 4. The Hall–Kier alpha value is -1.78. The van der Waals surface area contributed by atoms with Gasteiger partial charge in [0.2, 0.25) is 0 Å². The number of allylic oxidation sites excluding steroid dienone is 2. The van der Waals surface area contributed by atoms with Crippen molar-refractivity contribution in [3.8, 4) is 11.5 Å². The molecule has 3 rings (SSSR count). The lowest BCUT2D eigenvalue weighted by Gasteiger charge is -2.30. The quantitative estimate of drug-likeness (QED) is 0.235. The molecule has 2 N–H and O–H groups in total. The van der Waals surface area contributed by atoms with E-state index in [1.807, 2.05) is 35.7 Å². The van der Waals surface area contributed by atoms with E-state index >= 15 is 0 Å². The molecular formula is C38H56O2S2. The van der Waals surface area contributed by atoms with E-state index in [0.717, 1.165) is 59.4 Å². The summed E-state index contributed by atoms with van der Waals surface area (Å²) in [6.07, 6.45) is 14.8. The molecule has 2 atom stereocenters. The Labute approximate surface area is 265 Å². The average Bonchev–Trinajstić information content (AvgIpc) is 2.91. The van der Waals surface area contributed by atoms with E-state index in [2.05, 4.69) is 79.0 Å². The third-order valence-electron chi connectivity index (χ3n) is 8.55. The van der Waals surface area contributed by atoms with Crippen LogP contribution in [0.5, 0.6) is 11.5 Å². The fourth-order valence-corrected chi connectivity index (χ4v) is 8.76. The third-order valence-corrected chi connectivity index (χ3v) is 11.7. The van der Waals surface area contributed by atoms with Gasteiger partial charge in [0, 0.05) is 33.1 Å². The average molecular weight is 609 g/mol. The van der Waals surface area contributed by atoms with Gasteiger partial charge in [-0.25, -0.2) is 0 Å². The van der Waals surface area contributed by atoms with Gasteiger partial charge < -0.3 is 10.2 Å². The van der Waals surface area contributed by atoms with E-state index in [1.165, 1.54) is 49.7 Å². The van der Waals surface area contributed by atoms with Crippen molar-refractivity contribution in [2.45, 2.75) is 139 Å². The predicted octanol–water partition coefficient (Wildman–Crippen LogP) is 11.2. The summed E-state index contributed by atoms with van der Waals surface area (Å²) < 4.78 is 0. The van der Waals surface area contributed by atoms with Crippen LogP contribution in [0.3, 0.4) is 0 Å². The van der Waals surface area contributed by atoms with Crippen molar-refractivity contribution in [1.82, 2.24) is 0 Å². The second-order valence-electron chi connectivity index (χ2n) is 14.1. The number of hydrogen-bond donors (Lipinski definition) is 2. The molecule has 1 fully saturated rings.